The number of nitrogens with zero attached hydrogens (tertiary/aromatic N) is 2. The lowest BCUT2D eigenvalue weighted by Crippen LogP contribution is -2.29. The van der Waals surface area contributed by atoms with E-state index in [4.69, 9.17) is 0 Å². The fourth-order valence-electron chi connectivity index (χ4n) is 3.13. The Morgan fingerprint density at radius 2 is 1.89 bits per heavy atom. The Labute approximate surface area is 155 Å². The van der Waals surface area contributed by atoms with Gasteiger partial charge in [0.15, 0.2) is 0 Å². The van der Waals surface area contributed by atoms with Crippen LogP contribution in [0.15, 0.2) is 67.4 Å². The number of aromatic nitrogens is 1. The second kappa shape index (κ2) is 6.49. The maximum Gasteiger partial charge on any atom is 0.261 e. The van der Waals surface area contributed by atoms with Crippen LogP contribution in [0.3, 0.4) is 0 Å². The van der Waals surface area contributed by atoms with Gasteiger partial charge in [0.25, 0.3) is 17.7 Å². The van der Waals surface area contributed by atoms with Crippen LogP contribution in [0.4, 0.5) is 5.69 Å². The number of imide groups is 1. The summed E-state index contributed by atoms with van der Waals surface area (Å²) >= 11 is 0. The normalized spacial score (nSPS) is 13.0. The van der Waals surface area contributed by atoms with Crippen LogP contribution >= 0.6 is 0 Å². The lowest BCUT2D eigenvalue weighted by molar-refractivity contribution is 0.0672. The minimum Gasteiger partial charge on any atom is -0.321 e. The highest BCUT2D eigenvalue weighted by Gasteiger charge is 2.35. The number of benzene rings is 2. The second-order valence-corrected chi connectivity index (χ2v) is 6.10. The van der Waals surface area contributed by atoms with Crippen LogP contribution in [0.5, 0.6) is 0 Å². The maximum atomic E-state index is 12.7. The van der Waals surface area contributed by atoms with Crippen LogP contribution in [0.1, 0.15) is 31.1 Å². The van der Waals surface area contributed by atoms with E-state index >= 15 is 0 Å². The fraction of sp³-hybridized carbons (Fsp3) is 0.0476. The van der Waals surface area contributed by atoms with E-state index in [1.807, 2.05) is 18.2 Å². The van der Waals surface area contributed by atoms with E-state index in [0.717, 1.165) is 15.8 Å². The van der Waals surface area contributed by atoms with Gasteiger partial charge in [-0.3, -0.25) is 24.3 Å². The van der Waals surface area contributed by atoms with Gasteiger partial charge in [-0.25, -0.2) is 0 Å². The van der Waals surface area contributed by atoms with Gasteiger partial charge >= 0.3 is 0 Å². The Balaban J connectivity index is 1.65. The van der Waals surface area contributed by atoms with Gasteiger partial charge in [-0.1, -0.05) is 12.1 Å². The van der Waals surface area contributed by atoms with E-state index in [1.165, 1.54) is 18.2 Å². The zero-order valence-corrected chi connectivity index (χ0v) is 14.3. The van der Waals surface area contributed by atoms with Crippen molar-refractivity contribution in [3.05, 3.63) is 84.1 Å². The molecular weight excluding hydrogens is 342 g/mol. The number of carbonyl (C=O) groups excluding carboxylic acids is 3. The van der Waals surface area contributed by atoms with Crippen LogP contribution in [-0.2, 0) is 0 Å². The molecule has 1 aromatic heterocycles. The number of carbonyl (C=O) groups is 3. The summed E-state index contributed by atoms with van der Waals surface area (Å²) in [7, 11) is 0. The molecule has 0 atom stereocenters. The number of nitrogens with one attached hydrogen (secondary N) is 1. The lowest BCUT2D eigenvalue weighted by Gasteiger charge is -2.09. The monoisotopic (exact) mass is 357 g/mol. The summed E-state index contributed by atoms with van der Waals surface area (Å²) < 4.78 is 0. The van der Waals surface area contributed by atoms with Crippen molar-refractivity contribution in [3.8, 4) is 0 Å². The highest BCUT2D eigenvalue weighted by molar-refractivity contribution is 6.22. The molecule has 1 aliphatic heterocycles. The summed E-state index contributed by atoms with van der Waals surface area (Å²) in [5.41, 5.74) is 2.23. The Kier molecular flexibility index (Phi) is 4.01. The highest BCUT2D eigenvalue weighted by Crippen LogP contribution is 2.25. The van der Waals surface area contributed by atoms with Crippen molar-refractivity contribution in [2.45, 2.75) is 0 Å². The smallest absolute Gasteiger partial charge is 0.261 e. The number of fused-ring (bicyclic) bond motifs is 2. The minimum atomic E-state index is -0.418. The molecular formula is C21H15N3O3. The summed E-state index contributed by atoms with van der Waals surface area (Å²) in [5.74, 6) is -1.16. The number of anilines is 1. The van der Waals surface area contributed by atoms with Crippen LogP contribution in [-0.4, -0.2) is 34.2 Å². The molecule has 0 spiro atoms. The molecule has 4 rings (SSSR count). The molecule has 1 aliphatic rings. The van der Waals surface area contributed by atoms with Gasteiger partial charge in [-0.15, -0.1) is 6.58 Å². The maximum absolute atomic E-state index is 12.7. The van der Waals surface area contributed by atoms with E-state index in [1.54, 1.807) is 24.4 Å². The number of rotatable bonds is 4. The number of hydrogen-bond donors (Lipinski definition) is 1. The second-order valence-electron chi connectivity index (χ2n) is 6.10. The van der Waals surface area contributed by atoms with Crippen molar-refractivity contribution in [2.24, 2.45) is 0 Å². The van der Waals surface area contributed by atoms with E-state index in [9.17, 15) is 14.4 Å². The van der Waals surface area contributed by atoms with Crippen LogP contribution in [0.25, 0.3) is 10.9 Å². The zero-order valence-electron chi connectivity index (χ0n) is 14.3. The average molecular weight is 357 g/mol. The van der Waals surface area contributed by atoms with Crippen molar-refractivity contribution < 1.29 is 14.4 Å². The van der Waals surface area contributed by atoms with Gasteiger partial charge in [0, 0.05) is 23.7 Å². The van der Waals surface area contributed by atoms with Gasteiger partial charge in [0.2, 0.25) is 0 Å². The molecule has 0 fully saturated rings. The molecule has 0 radical (unpaired) electrons. The molecule has 132 valence electrons. The van der Waals surface area contributed by atoms with Crippen LogP contribution in [0, 0.1) is 0 Å². The molecule has 0 saturated carbocycles. The summed E-state index contributed by atoms with van der Waals surface area (Å²) in [6.45, 7) is 3.69. The first-order valence-electron chi connectivity index (χ1n) is 8.36. The van der Waals surface area contributed by atoms with Crippen molar-refractivity contribution in [1.82, 2.24) is 9.88 Å². The molecule has 0 aliphatic carbocycles. The zero-order chi connectivity index (χ0) is 19.0. The van der Waals surface area contributed by atoms with Crippen molar-refractivity contribution in [2.75, 3.05) is 11.9 Å². The van der Waals surface area contributed by atoms with Crippen LogP contribution in [0.2, 0.25) is 0 Å². The number of pyridine rings is 1. The summed E-state index contributed by atoms with van der Waals surface area (Å²) in [6.07, 6.45) is 3.18. The first kappa shape index (κ1) is 16.7. The first-order valence-corrected chi connectivity index (χ1v) is 8.36. The predicted molar refractivity (Wildman–Crippen MR) is 102 cm³/mol. The molecule has 27 heavy (non-hydrogen) atoms. The van der Waals surface area contributed by atoms with E-state index in [-0.39, 0.29) is 23.9 Å². The Morgan fingerprint density at radius 1 is 1.07 bits per heavy atom. The van der Waals surface area contributed by atoms with Gasteiger partial charge in [-0.2, -0.15) is 0 Å². The Morgan fingerprint density at radius 3 is 2.70 bits per heavy atom. The lowest BCUT2D eigenvalue weighted by atomic mass is 10.0. The standard InChI is InChI=1S/C21H15N3O3/c1-2-11-24-20(26)14-9-8-13(12-16(14)21(24)27)19(25)23-18-7-3-6-17-15(18)5-4-10-22-17/h2-10,12H,1,11H2,(H,23,25). The topological polar surface area (TPSA) is 79.4 Å². The van der Waals surface area contributed by atoms with E-state index < -0.39 is 5.91 Å². The van der Waals surface area contributed by atoms with Gasteiger partial charge in [0.05, 0.1) is 22.3 Å². The molecule has 3 amide bonds. The Bertz CT molecular complexity index is 1120. The van der Waals surface area contributed by atoms with Crippen LogP contribution < -0.4 is 5.32 Å². The van der Waals surface area contributed by atoms with Crippen molar-refractivity contribution in [1.29, 1.82) is 0 Å². The third-order valence-corrected chi connectivity index (χ3v) is 4.44. The summed E-state index contributed by atoms with van der Waals surface area (Å²) in [4.78, 5) is 42.8. The molecule has 1 N–H and O–H groups in total. The van der Waals surface area contributed by atoms with Crippen molar-refractivity contribution >= 4 is 34.3 Å². The fourth-order valence-corrected chi connectivity index (χ4v) is 3.13. The third kappa shape index (κ3) is 2.77. The average Bonchev–Trinajstić information content (AvgIpc) is 2.93. The molecule has 0 unspecified atom stereocenters. The number of amides is 3. The summed E-state index contributed by atoms with van der Waals surface area (Å²) in [6, 6.07) is 13.6. The molecule has 6 heteroatoms. The van der Waals surface area contributed by atoms with Crippen molar-refractivity contribution in [3.63, 3.8) is 0 Å². The predicted octanol–water partition coefficient (Wildman–Crippen LogP) is 3.27. The highest BCUT2D eigenvalue weighted by atomic mass is 16.2. The largest absolute Gasteiger partial charge is 0.321 e. The van der Waals surface area contributed by atoms with E-state index in [2.05, 4.69) is 16.9 Å². The molecule has 0 bridgehead atoms. The third-order valence-electron chi connectivity index (χ3n) is 4.44. The van der Waals surface area contributed by atoms with Gasteiger partial charge in [0.1, 0.15) is 0 Å². The molecule has 2 aromatic carbocycles. The minimum absolute atomic E-state index is 0.136. The first-order chi connectivity index (χ1) is 13.1. The quantitative estimate of drug-likeness (QED) is 0.574. The van der Waals surface area contributed by atoms with E-state index in [0.29, 0.717) is 16.8 Å². The number of hydrogen-bond acceptors (Lipinski definition) is 4. The van der Waals surface area contributed by atoms with Gasteiger partial charge in [-0.05, 0) is 42.5 Å². The molecule has 6 nitrogen and oxygen atoms in total. The Hall–Kier alpha value is -3.80. The molecule has 2 heterocycles. The molecule has 0 saturated heterocycles. The summed E-state index contributed by atoms with van der Waals surface area (Å²) in [5, 5.41) is 3.67. The van der Waals surface area contributed by atoms with Gasteiger partial charge < -0.3 is 5.32 Å². The molecule has 3 aromatic rings. The SMILES string of the molecule is C=CCN1C(=O)c2ccc(C(=O)Nc3cccc4ncccc34)cc2C1=O.